The third-order valence-corrected chi connectivity index (χ3v) is 3.62. The number of aromatic nitrogens is 1. The molecule has 0 fully saturated rings. The summed E-state index contributed by atoms with van der Waals surface area (Å²) in [5.41, 5.74) is 10.6. The zero-order chi connectivity index (χ0) is 16.9. The number of likely N-dealkylation sites (N-methyl/N-ethyl adjacent to an activating group) is 1. The van der Waals surface area contributed by atoms with E-state index in [9.17, 15) is 9.59 Å². The highest BCUT2D eigenvalue weighted by Gasteiger charge is 2.22. The molecule has 2 rings (SSSR count). The van der Waals surface area contributed by atoms with Crippen molar-refractivity contribution in [2.24, 2.45) is 0 Å². The molecule has 0 unspecified atom stereocenters. The predicted molar refractivity (Wildman–Crippen MR) is 84.2 cm³/mol. The number of fused-ring (bicyclic) bond motifs is 1. The second-order valence-electron chi connectivity index (χ2n) is 5.21. The molecular formula is C15H23N3O4. The summed E-state index contributed by atoms with van der Waals surface area (Å²) in [6, 6.07) is 0. The number of nitrogens with zero attached hydrogens (tertiary/aromatic N) is 2. The summed E-state index contributed by atoms with van der Waals surface area (Å²) in [5.74, 6) is -1.07. The Morgan fingerprint density at radius 3 is 2.27 bits per heavy atom. The van der Waals surface area contributed by atoms with Crippen molar-refractivity contribution in [3.05, 3.63) is 16.8 Å². The molecule has 1 aromatic heterocycles. The number of carboxylic acids is 2. The Labute approximate surface area is 129 Å². The molecule has 122 valence electrons. The van der Waals surface area contributed by atoms with Crippen molar-refractivity contribution in [2.45, 2.75) is 39.5 Å². The summed E-state index contributed by atoms with van der Waals surface area (Å²) in [6.45, 7) is 5.23. The Morgan fingerprint density at radius 2 is 1.82 bits per heavy atom. The number of aryl methyl sites for hydroxylation is 1. The maximum absolute atomic E-state index is 9.64. The van der Waals surface area contributed by atoms with Crippen LogP contribution >= 0.6 is 0 Å². The lowest BCUT2D eigenvalue weighted by molar-refractivity contribution is -0.143. The minimum absolute atomic E-state index is 0.296. The third kappa shape index (κ3) is 4.34. The van der Waals surface area contributed by atoms with Gasteiger partial charge in [0.05, 0.1) is 12.8 Å². The molecule has 0 aliphatic carbocycles. The third-order valence-electron chi connectivity index (χ3n) is 3.62. The average Bonchev–Trinajstić information content (AvgIpc) is 2.83. The topological polar surface area (TPSA) is 117 Å². The first-order chi connectivity index (χ1) is 10.3. The SMILES string of the molecule is CCc1nc2c(c(N)c1C)CCN2C.O=C(O)CCC(=O)O. The average molecular weight is 309 g/mol. The number of nitrogen functional groups attached to an aromatic ring is 1. The van der Waals surface area contributed by atoms with Crippen LogP contribution in [0, 0.1) is 6.92 Å². The largest absolute Gasteiger partial charge is 0.481 e. The number of rotatable bonds is 4. The van der Waals surface area contributed by atoms with Gasteiger partial charge in [-0.25, -0.2) is 4.98 Å². The van der Waals surface area contributed by atoms with Crippen LogP contribution in [-0.2, 0) is 22.4 Å². The first kappa shape index (κ1) is 17.7. The number of carboxylic acid groups (broad SMARTS) is 2. The van der Waals surface area contributed by atoms with E-state index in [1.54, 1.807) is 0 Å². The molecule has 1 aromatic rings. The molecule has 7 heteroatoms. The molecular weight excluding hydrogens is 286 g/mol. The highest BCUT2D eigenvalue weighted by atomic mass is 16.4. The van der Waals surface area contributed by atoms with Gasteiger partial charge in [-0.1, -0.05) is 6.92 Å². The molecule has 0 aromatic carbocycles. The standard InChI is InChI=1S/C11H17N3.C4H6O4/c1-4-9-7(2)10(12)8-5-6-14(3)11(8)13-9;5-3(6)1-2-4(7)8/h4-6H2,1-3H3,(H2,12,13);1-2H2,(H,5,6)(H,7,8). The quantitative estimate of drug-likeness (QED) is 0.770. The first-order valence-electron chi connectivity index (χ1n) is 7.20. The molecule has 7 nitrogen and oxygen atoms in total. The predicted octanol–water partition coefficient (Wildman–Crippen LogP) is 1.46. The van der Waals surface area contributed by atoms with Gasteiger partial charge in [0.2, 0.25) is 0 Å². The van der Waals surface area contributed by atoms with Gasteiger partial charge in [-0.3, -0.25) is 9.59 Å². The van der Waals surface area contributed by atoms with Crippen molar-refractivity contribution < 1.29 is 19.8 Å². The lowest BCUT2D eigenvalue weighted by atomic mass is 10.1. The van der Waals surface area contributed by atoms with Crippen LogP contribution in [-0.4, -0.2) is 40.7 Å². The zero-order valence-corrected chi connectivity index (χ0v) is 13.2. The number of pyridine rings is 1. The molecule has 22 heavy (non-hydrogen) atoms. The van der Waals surface area contributed by atoms with Crippen molar-refractivity contribution in [3.8, 4) is 0 Å². The zero-order valence-electron chi connectivity index (χ0n) is 13.2. The van der Waals surface area contributed by atoms with Crippen LogP contribution in [0.4, 0.5) is 11.5 Å². The van der Waals surface area contributed by atoms with Crippen LogP contribution in [0.3, 0.4) is 0 Å². The summed E-state index contributed by atoms with van der Waals surface area (Å²) in [6.07, 6.45) is 1.40. The lowest BCUT2D eigenvalue weighted by Crippen LogP contribution is -2.14. The Morgan fingerprint density at radius 1 is 1.27 bits per heavy atom. The number of anilines is 2. The van der Waals surface area contributed by atoms with Gasteiger partial charge in [0.15, 0.2) is 0 Å². The van der Waals surface area contributed by atoms with Crippen LogP contribution in [0.25, 0.3) is 0 Å². The summed E-state index contributed by atoms with van der Waals surface area (Å²) in [7, 11) is 2.08. The van der Waals surface area contributed by atoms with Crippen LogP contribution in [0.1, 0.15) is 36.6 Å². The minimum Gasteiger partial charge on any atom is -0.481 e. The summed E-state index contributed by atoms with van der Waals surface area (Å²) < 4.78 is 0. The molecule has 0 amide bonds. The van der Waals surface area contributed by atoms with E-state index in [4.69, 9.17) is 15.9 Å². The fourth-order valence-corrected chi connectivity index (χ4v) is 2.29. The van der Waals surface area contributed by atoms with E-state index in [1.165, 1.54) is 11.1 Å². The van der Waals surface area contributed by atoms with Crippen molar-refractivity contribution in [1.29, 1.82) is 0 Å². The molecule has 4 N–H and O–H groups in total. The monoisotopic (exact) mass is 309 g/mol. The molecule has 2 heterocycles. The van der Waals surface area contributed by atoms with Gasteiger partial charge in [-0.2, -0.15) is 0 Å². The fourth-order valence-electron chi connectivity index (χ4n) is 2.29. The molecule has 0 spiro atoms. The van der Waals surface area contributed by atoms with Crippen LogP contribution in [0.15, 0.2) is 0 Å². The second kappa shape index (κ2) is 7.63. The molecule has 1 aliphatic rings. The summed E-state index contributed by atoms with van der Waals surface area (Å²) in [5, 5.41) is 15.8. The molecule has 0 bridgehead atoms. The Hall–Kier alpha value is -2.31. The van der Waals surface area contributed by atoms with Gasteiger partial charge in [0.25, 0.3) is 0 Å². The minimum atomic E-state index is -1.08. The number of carbonyl (C=O) groups is 2. The fraction of sp³-hybridized carbons (Fsp3) is 0.533. The normalized spacial score (nSPS) is 12.4. The van der Waals surface area contributed by atoms with Gasteiger partial charge >= 0.3 is 11.9 Å². The van der Waals surface area contributed by atoms with Gasteiger partial charge in [0.1, 0.15) is 5.82 Å². The van der Waals surface area contributed by atoms with Crippen LogP contribution in [0.2, 0.25) is 0 Å². The van der Waals surface area contributed by atoms with Crippen molar-refractivity contribution in [3.63, 3.8) is 0 Å². The number of aliphatic carboxylic acids is 2. The molecule has 0 saturated carbocycles. The molecule has 0 radical (unpaired) electrons. The Bertz CT molecular complexity index is 558. The molecule has 1 aliphatic heterocycles. The maximum Gasteiger partial charge on any atom is 0.303 e. The van der Waals surface area contributed by atoms with Crippen molar-refractivity contribution in [2.75, 3.05) is 24.2 Å². The number of hydrogen-bond acceptors (Lipinski definition) is 5. The smallest absolute Gasteiger partial charge is 0.303 e. The highest BCUT2D eigenvalue weighted by Crippen LogP contribution is 2.32. The van der Waals surface area contributed by atoms with E-state index in [1.807, 2.05) is 0 Å². The molecule has 0 atom stereocenters. The van der Waals surface area contributed by atoms with E-state index < -0.39 is 11.9 Å². The van der Waals surface area contributed by atoms with Crippen molar-refractivity contribution in [1.82, 2.24) is 4.98 Å². The number of nitrogens with two attached hydrogens (primary N) is 1. The van der Waals surface area contributed by atoms with E-state index in [0.29, 0.717) is 0 Å². The second-order valence-corrected chi connectivity index (χ2v) is 5.21. The van der Waals surface area contributed by atoms with Gasteiger partial charge in [-0.15, -0.1) is 0 Å². The van der Waals surface area contributed by atoms with Crippen LogP contribution < -0.4 is 10.6 Å². The van der Waals surface area contributed by atoms with Crippen molar-refractivity contribution >= 4 is 23.4 Å². The van der Waals surface area contributed by atoms with Gasteiger partial charge < -0.3 is 20.8 Å². The van der Waals surface area contributed by atoms with Crippen LogP contribution in [0.5, 0.6) is 0 Å². The lowest BCUT2D eigenvalue weighted by Gasteiger charge is -2.15. The van der Waals surface area contributed by atoms with E-state index in [2.05, 4.69) is 30.8 Å². The highest BCUT2D eigenvalue weighted by molar-refractivity contribution is 5.75. The molecule has 0 saturated heterocycles. The van der Waals surface area contributed by atoms with Gasteiger partial charge in [-0.05, 0) is 25.3 Å². The summed E-state index contributed by atoms with van der Waals surface area (Å²) in [4.78, 5) is 26.1. The Balaban J connectivity index is 0.000000261. The Kier molecular flexibility index (Phi) is 6.15. The van der Waals surface area contributed by atoms with E-state index in [0.717, 1.165) is 36.6 Å². The summed E-state index contributed by atoms with van der Waals surface area (Å²) >= 11 is 0. The number of hydrogen-bond donors (Lipinski definition) is 3. The maximum atomic E-state index is 9.64. The van der Waals surface area contributed by atoms with E-state index in [-0.39, 0.29) is 12.8 Å². The van der Waals surface area contributed by atoms with E-state index >= 15 is 0 Å². The first-order valence-corrected chi connectivity index (χ1v) is 7.20. The van der Waals surface area contributed by atoms with Gasteiger partial charge in [0, 0.05) is 30.5 Å².